The van der Waals surface area contributed by atoms with Crippen LogP contribution in [0.25, 0.3) is 0 Å². The van der Waals surface area contributed by atoms with Crippen LogP contribution in [0.3, 0.4) is 0 Å². The summed E-state index contributed by atoms with van der Waals surface area (Å²) in [6.07, 6.45) is 0. The lowest BCUT2D eigenvalue weighted by Crippen LogP contribution is -2.38. The van der Waals surface area contributed by atoms with Crippen molar-refractivity contribution in [3.8, 4) is 5.75 Å². The second-order valence-electron chi connectivity index (χ2n) is 5.44. The maximum absolute atomic E-state index is 12.6. The normalized spacial score (nSPS) is 21.8. The Bertz CT molecular complexity index is 444. The Balaban J connectivity index is 2.02. The van der Waals surface area contributed by atoms with E-state index in [1.807, 2.05) is 36.1 Å². The van der Waals surface area contributed by atoms with Crippen LogP contribution in [0.4, 0.5) is 0 Å². The Labute approximate surface area is 121 Å². The number of rotatable bonds is 5. The SMILES string of the molecule is CCN(Cc1ccc(OC)cc1)C(=O)C1CNCC1C. The lowest BCUT2D eigenvalue weighted by molar-refractivity contribution is -0.136. The Morgan fingerprint density at radius 2 is 2.05 bits per heavy atom. The van der Waals surface area contributed by atoms with E-state index in [0.717, 1.165) is 30.9 Å². The number of carbonyl (C=O) groups is 1. The molecule has 1 aliphatic heterocycles. The third-order valence-electron chi connectivity index (χ3n) is 4.06. The van der Waals surface area contributed by atoms with Gasteiger partial charge in [0.1, 0.15) is 5.75 Å². The largest absolute Gasteiger partial charge is 0.497 e. The first-order valence-electron chi connectivity index (χ1n) is 7.28. The molecule has 0 spiro atoms. The van der Waals surface area contributed by atoms with Crippen LogP contribution in [0, 0.1) is 11.8 Å². The molecule has 1 N–H and O–H groups in total. The summed E-state index contributed by atoms with van der Waals surface area (Å²) < 4.78 is 5.15. The highest BCUT2D eigenvalue weighted by atomic mass is 16.5. The number of hydrogen-bond acceptors (Lipinski definition) is 3. The molecule has 2 rings (SSSR count). The molecule has 1 saturated heterocycles. The van der Waals surface area contributed by atoms with Crippen molar-refractivity contribution in [2.24, 2.45) is 11.8 Å². The van der Waals surface area contributed by atoms with Gasteiger partial charge in [0, 0.05) is 19.6 Å². The number of hydrogen-bond donors (Lipinski definition) is 1. The van der Waals surface area contributed by atoms with Gasteiger partial charge in [0.15, 0.2) is 0 Å². The number of nitrogens with zero attached hydrogens (tertiary/aromatic N) is 1. The fourth-order valence-electron chi connectivity index (χ4n) is 2.67. The summed E-state index contributed by atoms with van der Waals surface area (Å²) in [6, 6.07) is 7.91. The molecule has 2 unspecified atom stereocenters. The highest BCUT2D eigenvalue weighted by Crippen LogP contribution is 2.20. The number of ether oxygens (including phenoxy) is 1. The fourth-order valence-corrected chi connectivity index (χ4v) is 2.67. The second-order valence-corrected chi connectivity index (χ2v) is 5.44. The molecule has 1 heterocycles. The van der Waals surface area contributed by atoms with Gasteiger partial charge in [0.25, 0.3) is 0 Å². The zero-order chi connectivity index (χ0) is 14.5. The lowest BCUT2D eigenvalue weighted by atomic mass is 9.96. The standard InChI is InChI=1S/C16H24N2O2/c1-4-18(16(19)15-10-17-9-12(15)2)11-13-5-7-14(20-3)8-6-13/h5-8,12,15,17H,4,9-11H2,1-3H3. The van der Waals surface area contributed by atoms with Crippen molar-refractivity contribution in [2.45, 2.75) is 20.4 Å². The average molecular weight is 276 g/mol. The van der Waals surface area contributed by atoms with E-state index >= 15 is 0 Å². The molecule has 0 radical (unpaired) electrons. The zero-order valence-electron chi connectivity index (χ0n) is 12.6. The van der Waals surface area contributed by atoms with Gasteiger partial charge in [0.05, 0.1) is 13.0 Å². The molecule has 1 fully saturated rings. The first-order valence-corrected chi connectivity index (χ1v) is 7.28. The van der Waals surface area contributed by atoms with E-state index in [9.17, 15) is 4.79 Å². The van der Waals surface area contributed by atoms with Crippen LogP contribution in [0.5, 0.6) is 5.75 Å². The summed E-state index contributed by atoms with van der Waals surface area (Å²) in [5.74, 6) is 1.65. The van der Waals surface area contributed by atoms with Gasteiger partial charge in [-0.25, -0.2) is 0 Å². The van der Waals surface area contributed by atoms with Crippen LogP contribution in [0.15, 0.2) is 24.3 Å². The molecule has 4 nitrogen and oxygen atoms in total. The predicted molar refractivity (Wildman–Crippen MR) is 79.6 cm³/mol. The maximum Gasteiger partial charge on any atom is 0.227 e. The maximum atomic E-state index is 12.6. The Morgan fingerprint density at radius 1 is 1.35 bits per heavy atom. The van der Waals surface area contributed by atoms with Gasteiger partial charge in [-0.05, 0) is 37.1 Å². The molecule has 1 aromatic carbocycles. The molecule has 0 aliphatic carbocycles. The van der Waals surface area contributed by atoms with Crippen LogP contribution in [-0.2, 0) is 11.3 Å². The van der Waals surface area contributed by atoms with Crippen molar-refractivity contribution in [2.75, 3.05) is 26.7 Å². The molecule has 0 bridgehead atoms. The number of amides is 1. The first-order chi connectivity index (χ1) is 9.65. The molecule has 110 valence electrons. The Hall–Kier alpha value is -1.55. The van der Waals surface area contributed by atoms with Crippen LogP contribution in [0.1, 0.15) is 19.4 Å². The van der Waals surface area contributed by atoms with Crippen molar-refractivity contribution >= 4 is 5.91 Å². The van der Waals surface area contributed by atoms with E-state index in [4.69, 9.17) is 4.74 Å². The van der Waals surface area contributed by atoms with E-state index in [1.54, 1.807) is 7.11 Å². The van der Waals surface area contributed by atoms with Crippen LogP contribution in [-0.4, -0.2) is 37.6 Å². The van der Waals surface area contributed by atoms with Crippen LogP contribution >= 0.6 is 0 Å². The van der Waals surface area contributed by atoms with Gasteiger partial charge < -0.3 is 15.0 Å². The van der Waals surface area contributed by atoms with Gasteiger partial charge in [-0.2, -0.15) is 0 Å². The van der Waals surface area contributed by atoms with Gasteiger partial charge in [0.2, 0.25) is 5.91 Å². The van der Waals surface area contributed by atoms with Crippen LogP contribution < -0.4 is 10.1 Å². The fraction of sp³-hybridized carbons (Fsp3) is 0.562. The van der Waals surface area contributed by atoms with Crippen molar-refractivity contribution in [1.82, 2.24) is 10.2 Å². The molecule has 4 heteroatoms. The highest BCUT2D eigenvalue weighted by Gasteiger charge is 2.32. The Morgan fingerprint density at radius 3 is 2.55 bits per heavy atom. The molecule has 0 aromatic heterocycles. The molecular formula is C16H24N2O2. The van der Waals surface area contributed by atoms with Gasteiger partial charge in [-0.3, -0.25) is 4.79 Å². The quantitative estimate of drug-likeness (QED) is 0.893. The van der Waals surface area contributed by atoms with Gasteiger partial charge in [-0.15, -0.1) is 0 Å². The van der Waals surface area contributed by atoms with Crippen LogP contribution in [0.2, 0.25) is 0 Å². The van der Waals surface area contributed by atoms with Gasteiger partial charge in [-0.1, -0.05) is 19.1 Å². The summed E-state index contributed by atoms with van der Waals surface area (Å²) in [7, 11) is 1.66. The third kappa shape index (κ3) is 3.31. The summed E-state index contributed by atoms with van der Waals surface area (Å²) in [5.41, 5.74) is 1.14. The number of benzene rings is 1. The monoisotopic (exact) mass is 276 g/mol. The predicted octanol–water partition coefficient (Wildman–Crippen LogP) is 1.90. The van der Waals surface area contributed by atoms with E-state index in [2.05, 4.69) is 12.2 Å². The van der Waals surface area contributed by atoms with E-state index in [-0.39, 0.29) is 11.8 Å². The van der Waals surface area contributed by atoms with Crippen molar-refractivity contribution in [3.05, 3.63) is 29.8 Å². The molecular weight excluding hydrogens is 252 g/mol. The van der Waals surface area contributed by atoms with E-state index < -0.39 is 0 Å². The first kappa shape index (κ1) is 14.9. The molecule has 1 amide bonds. The van der Waals surface area contributed by atoms with Crippen molar-refractivity contribution in [3.63, 3.8) is 0 Å². The molecule has 2 atom stereocenters. The summed E-state index contributed by atoms with van der Waals surface area (Å²) in [4.78, 5) is 14.5. The molecule has 1 aliphatic rings. The summed E-state index contributed by atoms with van der Waals surface area (Å²) in [5, 5.41) is 3.30. The minimum absolute atomic E-state index is 0.119. The number of nitrogens with one attached hydrogen (secondary N) is 1. The second kappa shape index (κ2) is 6.75. The summed E-state index contributed by atoms with van der Waals surface area (Å²) >= 11 is 0. The minimum Gasteiger partial charge on any atom is -0.497 e. The summed E-state index contributed by atoms with van der Waals surface area (Å²) in [6.45, 7) is 7.34. The molecule has 20 heavy (non-hydrogen) atoms. The topological polar surface area (TPSA) is 41.6 Å². The number of methoxy groups -OCH3 is 1. The van der Waals surface area contributed by atoms with Crippen molar-refractivity contribution in [1.29, 1.82) is 0 Å². The molecule has 1 aromatic rings. The van der Waals surface area contributed by atoms with E-state index in [1.165, 1.54) is 0 Å². The minimum atomic E-state index is 0.119. The highest BCUT2D eigenvalue weighted by molar-refractivity contribution is 5.79. The van der Waals surface area contributed by atoms with Crippen molar-refractivity contribution < 1.29 is 9.53 Å². The van der Waals surface area contributed by atoms with Gasteiger partial charge >= 0.3 is 0 Å². The number of carbonyl (C=O) groups excluding carboxylic acids is 1. The molecule has 0 saturated carbocycles. The van der Waals surface area contributed by atoms with E-state index in [0.29, 0.717) is 12.5 Å². The third-order valence-corrected chi connectivity index (χ3v) is 4.06. The average Bonchev–Trinajstić information content (AvgIpc) is 2.91. The smallest absolute Gasteiger partial charge is 0.227 e. The lowest BCUT2D eigenvalue weighted by Gasteiger charge is -2.26. The Kier molecular flexibility index (Phi) is 5.01. The zero-order valence-corrected chi connectivity index (χ0v) is 12.6.